The van der Waals surface area contributed by atoms with Crippen LogP contribution in [0, 0.1) is 5.92 Å². The number of nitrogens with zero attached hydrogens (tertiary/aromatic N) is 3. The maximum atomic E-state index is 12.8. The molecule has 1 saturated heterocycles. The van der Waals surface area contributed by atoms with E-state index in [1.54, 1.807) is 23.2 Å². The van der Waals surface area contributed by atoms with Crippen molar-refractivity contribution in [2.75, 3.05) is 32.8 Å². The number of anilines is 1. The van der Waals surface area contributed by atoms with Crippen LogP contribution >= 0.6 is 0 Å². The first-order valence-electron chi connectivity index (χ1n) is 11.0. The maximum absolute atomic E-state index is 12.8. The fourth-order valence-electron chi connectivity index (χ4n) is 4.03. The van der Waals surface area contributed by atoms with Gasteiger partial charge in [-0.15, -0.1) is 0 Å². The topological polar surface area (TPSA) is 94.9 Å². The van der Waals surface area contributed by atoms with Gasteiger partial charge in [0.1, 0.15) is 0 Å². The van der Waals surface area contributed by atoms with Crippen molar-refractivity contribution in [2.45, 2.75) is 19.5 Å². The summed E-state index contributed by atoms with van der Waals surface area (Å²) in [5.41, 5.74) is 2.71. The molecule has 0 bridgehead atoms. The highest BCUT2D eigenvalue weighted by Gasteiger charge is 2.35. The molecule has 0 aliphatic carbocycles. The summed E-state index contributed by atoms with van der Waals surface area (Å²) < 4.78 is 18.0. The second-order valence-electron chi connectivity index (χ2n) is 8.03. The van der Waals surface area contributed by atoms with Crippen LogP contribution in [0.5, 0.6) is 17.2 Å². The fraction of sp³-hybridized carbons (Fsp3) is 0.320. The normalized spacial score (nSPS) is 15.3. The Morgan fingerprint density at radius 2 is 1.74 bits per heavy atom. The summed E-state index contributed by atoms with van der Waals surface area (Å²) in [6, 6.07) is 13.3. The molecule has 2 amide bonds. The van der Waals surface area contributed by atoms with Gasteiger partial charge in [0.25, 0.3) is 0 Å². The number of amides is 2. The van der Waals surface area contributed by atoms with Gasteiger partial charge in [0.2, 0.25) is 17.6 Å². The molecule has 0 saturated carbocycles. The molecule has 9 heteroatoms. The molecule has 2 heterocycles. The van der Waals surface area contributed by atoms with Gasteiger partial charge in [-0.1, -0.05) is 24.3 Å². The van der Waals surface area contributed by atoms with Gasteiger partial charge in [-0.2, -0.15) is 5.10 Å². The van der Waals surface area contributed by atoms with Crippen molar-refractivity contribution in [2.24, 2.45) is 5.92 Å². The first kappa shape index (κ1) is 23.2. The lowest BCUT2D eigenvalue weighted by Gasteiger charge is -2.20. The standard InChI is InChI=1S/C25H28N4O5/c1-32-21-12-20(13-22(33-2)24(21)34-3)29-16-19(11-23(29)30)25(31)26-14-17-5-7-18(8-6-17)15-28-10-4-9-27-28/h4-10,12-13,19H,11,14-16H2,1-3H3,(H,26,31). The van der Waals surface area contributed by atoms with Gasteiger partial charge in [0.15, 0.2) is 11.5 Å². The second kappa shape index (κ2) is 10.3. The summed E-state index contributed by atoms with van der Waals surface area (Å²) in [7, 11) is 4.56. The quantitative estimate of drug-likeness (QED) is 0.523. The van der Waals surface area contributed by atoms with Crippen LogP contribution in [0.2, 0.25) is 0 Å². The number of hydrogen-bond acceptors (Lipinski definition) is 6. The number of benzene rings is 2. The minimum Gasteiger partial charge on any atom is -0.493 e. The van der Waals surface area contributed by atoms with Crippen LogP contribution < -0.4 is 24.4 Å². The molecule has 1 unspecified atom stereocenters. The van der Waals surface area contributed by atoms with Crippen molar-refractivity contribution < 1.29 is 23.8 Å². The van der Waals surface area contributed by atoms with Gasteiger partial charge in [-0.3, -0.25) is 14.3 Å². The Hall–Kier alpha value is -4.01. The number of methoxy groups -OCH3 is 3. The Morgan fingerprint density at radius 1 is 1.06 bits per heavy atom. The molecular formula is C25H28N4O5. The molecule has 1 aliphatic rings. The SMILES string of the molecule is COc1cc(N2CC(C(=O)NCc3ccc(Cn4cccn4)cc3)CC2=O)cc(OC)c1OC. The minimum atomic E-state index is -0.439. The molecule has 1 aromatic heterocycles. The maximum Gasteiger partial charge on any atom is 0.227 e. The van der Waals surface area contributed by atoms with Gasteiger partial charge in [-0.25, -0.2) is 0 Å². The zero-order valence-electron chi connectivity index (χ0n) is 19.5. The molecule has 1 N–H and O–H groups in total. The minimum absolute atomic E-state index is 0.127. The van der Waals surface area contributed by atoms with E-state index in [0.29, 0.717) is 36.0 Å². The smallest absolute Gasteiger partial charge is 0.227 e. The van der Waals surface area contributed by atoms with Crippen LogP contribution in [0.15, 0.2) is 54.9 Å². The molecular weight excluding hydrogens is 436 g/mol. The third kappa shape index (κ3) is 4.98. The lowest BCUT2D eigenvalue weighted by molar-refractivity contribution is -0.126. The summed E-state index contributed by atoms with van der Waals surface area (Å²) in [5.74, 6) is 0.638. The van der Waals surface area contributed by atoms with E-state index >= 15 is 0 Å². The average molecular weight is 465 g/mol. The number of hydrogen-bond donors (Lipinski definition) is 1. The summed E-state index contributed by atoms with van der Waals surface area (Å²) in [6.07, 6.45) is 3.81. The third-order valence-corrected chi connectivity index (χ3v) is 5.85. The highest BCUT2D eigenvalue weighted by atomic mass is 16.5. The van der Waals surface area contributed by atoms with Crippen LogP contribution in [0.3, 0.4) is 0 Å². The lowest BCUT2D eigenvalue weighted by atomic mass is 10.1. The molecule has 34 heavy (non-hydrogen) atoms. The number of carbonyl (C=O) groups excluding carboxylic acids is 2. The van der Waals surface area contributed by atoms with Crippen LogP contribution in [0.1, 0.15) is 17.5 Å². The van der Waals surface area contributed by atoms with E-state index in [9.17, 15) is 9.59 Å². The molecule has 0 radical (unpaired) electrons. The number of ether oxygens (including phenoxy) is 3. The van der Waals surface area contributed by atoms with Gasteiger partial charge < -0.3 is 24.4 Å². The van der Waals surface area contributed by atoms with E-state index in [1.165, 1.54) is 21.3 Å². The van der Waals surface area contributed by atoms with Crippen molar-refractivity contribution in [3.8, 4) is 17.2 Å². The Labute approximate surface area is 198 Å². The zero-order chi connectivity index (χ0) is 24.1. The third-order valence-electron chi connectivity index (χ3n) is 5.85. The Morgan fingerprint density at radius 3 is 2.32 bits per heavy atom. The first-order chi connectivity index (χ1) is 16.5. The van der Waals surface area contributed by atoms with E-state index in [0.717, 1.165) is 11.1 Å². The molecule has 3 aromatic rings. The van der Waals surface area contributed by atoms with Crippen LogP contribution in [-0.2, 0) is 22.7 Å². The monoisotopic (exact) mass is 464 g/mol. The molecule has 0 spiro atoms. The first-order valence-corrected chi connectivity index (χ1v) is 11.0. The van der Waals surface area contributed by atoms with Crippen LogP contribution in [0.25, 0.3) is 0 Å². The Balaban J connectivity index is 1.37. The van der Waals surface area contributed by atoms with E-state index in [1.807, 2.05) is 41.2 Å². The van der Waals surface area contributed by atoms with Gasteiger partial charge in [-0.05, 0) is 17.2 Å². The number of rotatable bonds is 9. The van der Waals surface area contributed by atoms with Crippen LogP contribution in [-0.4, -0.2) is 49.5 Å². The molecule has 4 rings (SSSR count). The summed E-state index contributed by atoms with van der Waals surface area (Å²) >= 11 is 0. The van der Waals surface area contributed by atoms with E-state index in [2.05, 4.69) is 10.4 Å². The summed E-state index contributed by atoms with van der Waals surface area (Å²) in [6.45, 7) is 1.38. The lowest BCUT2D eigenvalue weighted by Crippen LogP contribution is -2.32. The van der Waals surface area contributed by atoms with E-state index < -0.39 is 5.92 Å². The van der Waals surface area contributed by atoms with E-state index in [-0.39, 0.29) is 24.8 Å². The van der Waals surface area contributed by atoms with Gasteiger partial charge >= 0.3 is 0 Å². The predicted octanol–water partition coefficient (Wildman–Crippen LogP) is 2.63. The highest BCUT2D eigenvalue weighted by molar-refractivity contribution is 6.00. The zero-order valence-corrected chi connectivity index (χ0v) is 19.5. The number of aromatic nitrogens is 2. The van der Waals surface area contributed by atoms with Crippen LogP contribution in [0.4, 0.5) is 5.69 Å². The van der Waals surface area contributed by atoms with Crippen molar-refractivity contribution >= 4 is 17.5 Å². The molecule has 1 aliphatic heterocycles. The fourth-order valence-corrected chi connectivity index (χ4v) is 4.03. The average Bonchev–Trinajstić information content (AvgIpc) is 3.52. The summed E-state index contributed by atoms with van der Waals surface area (Å²) in [5, 5.41) is 7.16. The largest absolute Gasteiger partial charge is 0.493 e. The summed E-state index contributed by atoms with van der Waals surface area (Å²) in [4.78, 5) is 27.1. The highest BCUT2D eigenvalue weighted by Crippen LogP contribution is 2.42. The van der Waals surface area contributed by atoms with Gasteiger partial charge in [0, 0.05) is 44.0 Å². The molecule has 9 nitrogen and oxygen atoms in total. The van der Waals surface area contributed by atoms with Gasteiger partial charge in [0.05, 0.1) is 39.5 Å². The van der Waals surface area contributed by atoms with E-state index in [4.69, 9.17) is 14.2 Å². The van der Waals surface area contributed by atoms with Crippen molar-refractivity contribution in [3.63, 3.8) is 0 Å². The Kier molecular flexibility index (Phi) is 7.01. The second-order valence-corrected chi connectivity index (χ2v) is 8.03. The van der Waals surface area contributed by atoms with Crippen molar-refractivity contribution in [1.82, 2.24) is 15.1 Å². The molecule has 1 atom stereocenters. The molecule has 178 valence electrons. The molecule has 2 aromatic carbocycles. The van der Waals surface area contributed by atoms with Crippen molar-refractivity contribution in [1.29, 1.82) is 0 Å². The molecule has 1 fully saturated rings. The number of carbonyl (C=O) groups is 2. The Bertz CT molecular complexity index is 1120. The van der Waals surface area contributed by atoms with Crippen molar-refractivity contribution in [3.05, 3.63) is 66.0 Å². The predicted molar refractivity (Wildman–Crippen MR) is 126 cm³/mol. The number of nitrogens with one attached hydrogen (secondary N) is 1.